The standard InChI is InChI=1S/C25H26N2O5S/c1-16(28)20-6-7-21(33-20)23(30)26-11-8-25(9-12-26)10-13-27(15-25)22(29)14-19-17-4-2-3-5-18(17)24(31)32-19/h2-7,19H,8-15H2,1H3. The number of ether oxygens (including phenoxy) is 1. The van der Waals surface area contributed by atoms with Crippen molar-refractivity contribution in [3.8, 4) is 0 Å². The Hall–Kier alpha value is -3.00. The predicted molar refractivity (Wildman–Crippen MR) is 122 cm³/mol. The fourth-order valence-corrected chi connectivity index (χ4v) is 6.07. The lowest BCUT2D eigenvalue weighted by molar-refractivity contribution is -0.132. The van der Waals surface area contributed by atoms with Crippen molar-refractivity contribution in [3.05, 3.63) is 57.3 Å². The van der Waals surface area contributed by atoms with Crippen molar-refractivity contribution in [2.24, 2.45) is 5.41 Å². The minimum atomic E-state index is -0.511. The van der Waals surface area contributed by atoms with E-state index in [-0.39, 0.29) is 35.4 Å². The maximum atomic E-state index is 13.0. The molecule has 0 saturated carbocycles. The maximum absolute atomic E-state index is 13.0. The van der Waals surface area contributed by atoms with Crippen molar-refractivity contribution >= 4 is 34.9 Å². The van der Waals surface area contributed by atoms with Crippen LogP contribution in [-0.2, 0) is 9.53 Å². The second-order valence-corrected chi connectivity index (χ2v) is 10.3. The van der Waals surface area contributed by atoms with E-state index in [2.05, 4.69) is 0 Å². The third-order valence-corrected chi connectivity index (χ3v) is 8.38. The van der Waals surface area contributed by atoms with Crippen molar-refractivity contribution < 1.29 is 23.9 Å². The summed E-state index contributed by atoms with van der Waals surface area (Å²) >= 11 is 1.25. The number of hydrogen-bond acceptors (Lipinski definition) is 6. The van der Waals surface area contributed by atoms with Gasteiger partial charge in [-0.15, -0.1) is 11.3 Å². The fourth-order valence-electron chi connectivity index (χ4n) is 5.20. The molecule has 0 N–H and O–H groups in total. The summed E-state index contributed by atoms with van der Waals surface area (Å²) in [7, 11) is 0. The number of cyclic esters (lactones) is 1. The molecular formula is C25H26N2O5S. The lowest BCUT2D eigenvalue weighted by atomic mass is 9.77. The average Bonchev–Trinajstić information content (AvgIpc) is 3.53. The molecule has 33 heavy (non-hydrogen) atoms. The van der Waals surface area contributed by atoms with Gasteiger partial charge in [0.05, 0.1) is 21.7 Å². The van der Waals surface area contributed by atoms with Crippen molar-refractivity contribution in [1.29, 1.82) is 0 Å². The third kappa shape index (κ3) is 4.08. The molecule has 5 rings (SSSR count). The number of rotatable bonds is 4. The SMILES string of the molecule is CC(=O)c1ccc(C(=O)N2CCC3(CCN(C(=O)CC4OC(=O)c5ccccc54)C3)CC2)s1. The van der Waals surface area contributed by atoms with Gasteiger partial charge in [-0.05, 0) is 49.8 Å². The molecular weight excluding hydrogens is 440 g/mol. The molecule has 2 fully saturated rings. The van der Waals surface area contributed by atoms with Gasteiger partial charge in [0.15, 0.2) is 5.78 Å². The molecule has 4 heterocycles. The van der Waals surface area contributed by atoms with E-state index < -0.39 is 6.10 Å². The zero-order valence-electron chi connectivity index (χ0n) is 18.5. The molecule has 2 saturated heterocycles. The van der Waals surface area contributed by atoms with E-state index in [9.17, 15) is 19.2 Å². The van der Waals surface area contributed by atoms with Gasteiger partial charge in [-0.25, -0.2) is 4.79 Å². The number of benzene rings is 1. The van der Waals surface area contributed by atoms with E-state index in [1.54, 1.807) is 24.3 Å². The molecule has 0 bridgehead atoms. The van der Waals surface area contributed by atoms with Crippen LogP contribution >= 0.6 is 11.3 Å². The highest BCUT2D eigenvalue weighted by Crippen LogP contribution is 2.42. The van der Waals surface area contributed by atoms with Crippen molar-refractivity contribution in [3.63, 3.8) is 0 Å². The van der Waals surface area contributed by atoms with Gasteiger partial charge in [-0.2, -0.15) is 0 Å². The summed E-state index contributed by atoms with van der Waals surface area (Å²) in [6, 6.07) is 10.7. The predicted octanol–water partition coefficient (Wildman–Crippen LogP) is 3.71. The first kappa shape index (κ1) is 21.8. The Kier molecular flexibility index (Phi) is 5.56. The molecule has 3 aliphatic heterocycles. The lowest BCUT2D eigenvalue weighted by Gasteiger charge is -2.39. The van der Waals surface area contributed by atoms with Crippen LogP contribution in [0.3, 0.4) is 0 Å². The van der Waals surface area contributed by atoms with E-state index in [4.69, 9.17) is 4.74 Å². The molecule has 1 spiro atoms. The topological polar surface area (TPSA) is 84.0 Å². The molecule has 7 nitrogen and oxygen atoms in total. The average molecular weight is 467 g/mol. The van der Waals surface area contributed by atoms with E-state index in [1.165, 1.54) is 18.3 Å². The van der Waals surface area contributed by atoms with Crippen LogP contribution in [0.1, 0.15) is 74.0 Å². The second kappa shape index (κ2) is 8.41. The number of piperidine rings is 1. The van der Waals surface area contributed by atoms with Gasteiger partial charge < -0.3 is 14.5 Å². The summed E-state index contributed by atoms with van der Waals surface area (Å²) in [6.07, 6.45) is 2.29. The molecule has 172 valence electrons. The highest BCUT2D eigenvalue weighted by Gasteiger charge is 2.44. The molecule has 1 aromatic carbocycles. The quantitative estimate of drug-likeness (QED) is 0.507. The minimum Gasteiger partial charge on any atom is -0.453 e. The van der Waals surface area contributed by atoms with Crippen LogP contribution in [0.15, 0.2) is 36.4 Å². The highest BCUT2D eigenvalue weighted by molar-refractivity contribution is 7.15. The summed E-state index contributed by atoms with van der Waals surface area (Å²) in [5.41, 5.74) is 1.38. The number of amides is 2. The number of ketones is 1. The van der Waals surface area contributed by atoms with E-state index in [0.29, 0.717) is 41.5 Å². The van der Waals surface area contributed by atoms with Crippen LogP contribution in [0.5, 0.6) is 0 Å². The number of fused-ring (bicyclic) bond motifs is 1. The summed E-state index contributed by atoms with van der Waals surface area (Å²) < 4.78 is 5.45. The molecule has 3 aliphatic rings. The smallest absolute Gasteiger partial charge is 0.339 e. The maximum Gasteiger partial charge on any atom is 0.339 e. The fraction of sp³-hybridized carbons (Fsp3) is 0.440. The van der Waals surface area contributed by atoms with Gasteiger partial charge in [-0.1, -0.05) is 18.2 Å². The molecule has 1 unspecified atom stereocenters. The summed E-state index contributed by atoms with van der Waals surface area (Å²) in [5, 5.41) is 0. The monoisotopic (exact) mass is 466 g/mol. The van der Waals surface area contributed by atoms with Gasteiger partial charge >= 0.3 is 5.97 Å². The number of Topliss-reactive ketones (excluding diaryl/α,β-unsaturated/α-hetero) is 1. The summed E-state index contributed by atoms with van der Waals surface area (Å²) in [6.45, 7) is 4.20. The van der Waals surface area contributed by atoms with Gasteiger partial charge in [0, 0.05) is 31.7 Å². The number of carbonyl (C=O) groups is 4. The largest absolute Gasteiger partial charge is 0.453 e. The van der Waals surface area contributed by atoms with Gasteiger partial charge in [0.1, 0.15) is 6.10 Å². The van der Waals surface area contributed by atoms with E-state index >= 15 is 0 Å². The third-order valence-electron chi connectivity index (χ3n) is 7.20. The molecule has 2 aromatic rings. The van der Waals surface area contributed by atoms with E-state index in [0.717, 1.165) is 24.8 Å². The Morgan fingerprint density at radius 2 is 1.67 bits per heavy atom. The molecule has 1 atom stereocenters. The summed E-state index contributed by atoms with van der Waals surface area (Å²) in [5.74, 6) is -0.395. The molecule has 0 radical (unpaired) electrons. The van der Waals surface area contributed by atoms with Gasteiger partial charge in [-0.3, -0.25) is 14.4 Å². The van der Waals surface area contributed by atoms with Gasteiger partial charge in [0.25, 0.3) is 5.91 Å². The van der Waals surface area contributed by atoms with Crippen molar-refractivity contribution in [2.45, 2.75) is 38.7 Å². The highest BCUT2D eigenvalue weighted by atomic mass is 32.1. The summed E-state index contributed by atoms with van der Waals surface area (Å²) in [4.78, 5) is 54.4. The number of thiophene rings is 1. The van der Waals surface area contributed by atoms with Crippen LogP contribution in [0, 0.1) is 5.41 Å². The Balaban J connectivity index is 1.17. The first-order valence-electron chi connectivity index (χ1n) is 11.3. The van der Waals surface area contributed by atoms with Crippen LogP contribution in [0.25, 0.3) is 0 Å². The minimum absolute atomic E-state index is 0.00947. The number of esters is 1. The molecule has 2 amide bonds. The first-order chi connectivity index (χ1) is 15.8. The zero-order valence-corrected chi connectivity index (χ0v) is 19.4. The molecule has 8 heteroatoms. The van der Waals surface area contributed by atoms with E-state index in [1.807, 2.05) is 21.9 Å². The van der Waals surface area contributed by atoms with Gasteiger partial charge in [0.2, 0.25) is 5.91 Å². The second-order valence-electron chi connectivity index (χ2n) is 9.26. The Labute approximate surface area is 196 Å². The van der Waals surface area contributed by atoms with Crippen LogP contribution in [-0.4, -0.2) is 59.5 Å². The van der Waals surface area contributed by atoms with Crippen molar-refractivity contribution in [1.82, 2.24) is 9.80 Å². The number of hydrogen-bond donors (Lipinski definition) is 0. The Bertz CT molecular complexity index is 1130. The first-order valence-corrected chi connectivity index (χ1v) is 12.1. The zero-order chi connectivity index (χ0) is 23.2. The molecule has 1 aromatic heterocycles. The normalized spacial score (nSPS) is 21.2. The molecule has 0 aliphatic carbocycles. The number of carbonyl (C=O) groups excluding carboxylic acids is 4. The Morgan fingerprint density at radius 3 is 2.36 bits per heavy atom. The van der Waals surface area contributed by atoms with Crippen molar-refractivity contribution in [2.75, 3.05) is 26.2 Å². The van der Waals surface area contributed by atoms with Crippen LogP contribution in [0.2, 0.25) is 0 Å². The number of likely N-dealkylation sites (tertiary alicyclic amines) is 2. The van der Waals surface area contributed by atoms with Crippen LogP contribution in [0.4, 0.5) is 0 Å². The Morgan fingerprint density at radius 1 is 1.00 bits per heavy atom. The van der Waals surface area contributed by atoms with Crippen LogP contribution < -0.4 is 0 Å². The lowest BCUT2D eigenvalue weighted by Crippen LogP contribution is -2.44. The number of nitrogens with zero attached hydrogens (tertiary/aromatic N) is 2.